The van der Waals surface area contributed by atoms with Crippen molar-refractivity contribution in [3.63, 3.8) is 0 Å². The molecule has 0 amide bonds. The predicted octanol–water partition coefficient (Wildman–Crippen LogP) is 2.44. The summed E-state index contributed by atoms with van der Waals surface area (Å²) in [5.74, 6) is 0. The molecule has 1 saturated heterocycles. The highest BCUT2D eigenvalue weighted by atomic mass is 15.4. The first-order valence-electron chi connectivity index (χ1n) is 7.39. The molecule has 0 aliphatic carbocycles. The van der Waals surface area contributed by atoms with Crippen LogP contribution in [-0.4, -0.2) is 35.5 Å². The zero-order valence-electron chi connectivity index (χ0n) is 12.2. The summed E-state index contributed by atoms with van der Waals surface area (Å²) >= 11 is 0. The molecule has 2 N–H and O–H groups in total. The second-order valence-electron chi connectivity index (χ2n) is 5.25. The number of rotatable bonds is 5. The molecule has 1 aromatic carbocycles. The normalized spacial score (nSPS) is 22.0. The molecule has 1 aromatic rings. The van der Waals surface area contributed by atoms with Gasteiger partial charge in [0.1, 0.15) is 6.17 Å². The van der Waals surface area contributed by atoms with Crippen molar-refractivity contribution in [2.24, 2.45) is 5.73 Å². The molecule has 3 heteroatoms. The first-order valence-corrected chi connectivity index (χ1v) is 7.39. The van der Waals surface area contributed by atoms with E-state index in [1.54, 1.807) is 0 Å². The lowest BCUT2D eigenvalue weighted by Crippen LogP contribution is -2.49. The SMILES string of the molecule is CCN(CC)[C]1CC(N)CCN1Cc1ccccc1. The lowest BCUT2D eigenvalue weighted by molar-refractivity contribution is 0.0948. The lowest BCUT2D eigenvalue weighted by Gasteiger charge is -2.43. The zero-order chi connectivity index (χ0) is 13.7. The Hall–Kier alpha value is -0.900. The molecule has 105 valence electrons. The summed E-state index contributed by atoms with van der Waals surface area (Å²) < 4.78 is 0. The molecule has 1 fully saturated rings. The van der Waals surface area contributed by atoms with Gasteiger partial charge in [0.2, 0.25) is 0 Å². The molecule has 2 rings (SSSR count). The largest absolute Gasteiger partial charge is 0.328 e. The highest BCUT2D eigenvalue weighted by Gasteiger charge is 2.30. The van der Waals surface area contributed by atoms with Gasteiger partial charge in [0.05, 0.1) is 0 Å². The van der Waals surface area contributed by atoms with Gasteiger partial charge in [-0.2, -0.15) is 0 Å². The van der Waals surface area contributed by atoms with Gasteiger partial charge < -0.3 is 5.73 Å². The quantitative estimate of drug-likeness (QED) is 0.882. The highest BCUT2D eigenvalue weighted by Crippen LogP contribution is 2.27. The van der Waals surface area contributed by atoms with Crippen molar-refractivity contribution < 1.29 is 0 Å². The van der Waals surface area contributed by atoms with Gasteiger partial charge in [-0.3, -0.25) is 9.80 Å². The van der Waals surface area contributed by atoms with E-state index in [4.69, 9.17) is 5.73 Å². The summed E-state index contributed by atoms with van der Waals surface area (Å²) in [4.78, 5) is 4.95. The fourth-order valence-corrected chi connectivity index (χ4v) is 2.81. The van der Waals surface area contributed by atoms with E-state index in [-0.39, 0.29) is 0 Å². The minimum absolute atomic E-state index is 0.322. The minimum Gasteiger partial charge on any atom is -0.328 e. The first kappa shape index (κ1) is 14.5. The van der Waals surface area contributed by atoms with E-state index in [2.05, 4.69) is 54.0 Å². The van der Waals surface area contributed by atoms with Crippen LogP contribution in [0.4, 0.5) is 0 Å². The summed E-state index contributed by atoms with van der Waals surface area (Å²) in [5, 5.41) is 0. The van der Waals surface area contributed by atoms with E-state index < -0.39 is 0 Å². The first-order chi connectivity index (χ1) is 9.24. The van der Waals surface area contributed by atoms with Gasteiger partial charge >= 0.3 is 0 Å². The van der Waals surface area contributed by atoms with Gasteiger partial charge in [-0.15, -0.1) is 0 Å². The van der Waals surface area contributed by atoms with Crippen LogP contribution in [0.25, 0.3) is 0 Å². The lowest BCUT2D eigenvalue weighted by atomic mass is 10.0. The van der Waals surface area contributed by atoms with Crippen LogP contribution < -0.4 is 5.73 Å². The van der Waals surface area contributed by atoms with E-state index in [0.29, 0.717) is 6.04 Å². The van der Waals surface area contributed by atoms with Gasteiger partial charge in [-0.05, 0) is 31.5 Å². The number of likely N-dealkylation sites (tertiary alicyclic amines) is 1. The van der Waals surface area contributed by atoms with Crippen LogP contribution in [0, 0.1) is 6.17 Å². The average molecular weight is 260 g/mol. The van der Waals surface area contributed by atoms with Crippen LogP contribution >= 0.6 is 0 Å². The third-order valence-corrected chi connectivity index (χ3v) is 3.92. The number of hydrogen-bond donors (Lipinski definition) is 1. The molecular formula is C16H26N3. The second-order valence-corrected chi connectivity index (χ2v) is 5.25. The van der Waals surface area contributed by atoms with Gasteiger partial charge in [0.15, 0.2) is 0 Å². The molecular weight excluding hydrogens is 234 g/mol. The molecule has 0 aromatic heterocycles. The van der Waals surface area contributed by atoms with E-state index in [9.17, 15) is 0 Å². The van der Waals surface area contributed by atoms with Gasteiger partial charge in [0, 0.05) is 19.1 Å². The van der Waals surface area contributed by atoms with Crippen molar-refractivity contribution in [3.8, 4) is 0 Å². The molecule has 1 radical (unpaired) electrons. The number of piperidine rings is 1. The molecule has 19 heavy (non-hydrogen) atoms. The maximum absolute atomic E-state index is 6.15. The molecule has 1 heterocycles. The number of nitrogens with zero attached hydrogens (tertiary/aromatic N) is 2. The molecule has 0 saturated carbocycles. The van der Waals surface area contributed by atoms with Crippen molar-refractivity contribution >= 4 is 0 Å². The number of hydrogen-bond acceptors (Lipinski definition) is 3. The third kappa shape index (κ3) is 3.78. The van der Waals surface area contributed by atoms with Crippen LogP contribution in [-0.2, 0) is 6.54 Å². The fourth-order valence-electron chi connectivity index (χ4n) is 2.81. The Kier molecular flexibility index (Phi) is 5.37. The second kappa shape index (κ2) is 7.04. The Morgan fingerprint density at radius 3 is 2.53 bits per heavy atom. The Morgan fingerprint density at radius 1 is 1.21 bits per heavy atom. The molecule has 1 aliphatic rings. The third-order valence-electron chi connectivity index (χ3n) is 3.92. The van der Waals surface area contributed by atoms with Gasteiger partial charge in [-0.25, -0.2) is 0 Å². The minimum atomic E-state index is 0.322. The van der Waals surface area contributed by atoms with Crippen molar-refractivity contribution in [1.29, 1.82) is 0 Å². The number of benzene rings is 1. The maximum Gasteiger partial charge on any atom is 0.108 e. The Morgan fingerprint density at radius 2 is 1.89 bits per heavy atom. The molecule has 0 spiro atoms. The van der Waals surface area contributed by atoms with Crippen LogP contribution in [0.1, 0.15) is 32.3 Å². The van der Waals surface area contributed by atoms with Crippen molar-refractivity contribution in [2.75, 3.05) is 19.6 Å². The van der Waals surface area contributed by atoms with Gasteiger partial charge in [0.25, 0.3) is 0 Å². The predicted molar refractivity (Wildman–Crippen MR) is 80.2 cm³/mol. The van der Waals surface area contributed by atoms with Crippen molar-refractivity contribution in [2.45, 2.75) is 39.3 Å². The zero-order valence-corrected chi connectivity index (χ0v) is 12.2. The van der Waals surface area contributed by atoms with Crippen molar-refractivity contribution in [3.05, 3.63) is 42.1 Å². The van der Waals surface area contributed by atoms with Crippen molar-refractivity contribution in [1.82, 2.24) is 9.80 Å². The highest BCUT2D eigenvalue weighted by molar-refractivity contribution is 5.15. The molecule has 0 bridgehead atoms. The summed E-state index contributed by atoms with van der Waals surface area (Å²) in [6.07, 6.45) is 3.53. The standard InChI is InChI=1S/C16H26N3/c1-3-18(4-2)16-12-15(17)10-11-19(16)13-14-8-6-5-7-9-14/h5-9,15H,3-4,10-13,17H2,1-2H3. The molecule has 1 aliphatic heterocycles. The maximum atomic E-state index is 6.15. The fraction of sp³-hybridized carbons (Fsp3) is 0.562. The van der Waals surface area contributed by atoms with Crippen LogP contribution in [0.2, 0.25) is 0 Å². The summed E-state index contributed by atoms with van der Waals surface area (Å²) in [6.45, 7) is 8.63. The molecule has 1 atom stereocenters. The van der Waals surface area contributed by atoms with E-state index in [1.165, 1.54) is 11.7 Å². The molecule has 3 nitrogen and oxygen atoms in total. The van der Waals surface area contributed by atoms with E-state index >= 15 is 0 Å². The number of nitrogens with two attached hydrogens (primary N) is 1. The Balaban J connectivity index is 2.07. The Bertz CT molecular complexity index is 362. The summed E-state index contributed by atoms with van der Waals surface area (Å²) in [5.41, 5.74) is 7.53. The van der Waals surface area contributed by atoms with Crippen LogP contribution in [0.5, 0.6) is 0 Å². The van der Waals surface area contributed by atoms with Crippen LogP contribution in [0.3, 0.4) is 0 Å². The summed E-state index contributed by atoms with van der Waals surface area (Å²) in [7, 11) is 0. The topological polar surface area (TPSA) is 32.5 Å². The monoisotopic (exact) mass is 260 g/mol. The van der Waals surface area contributed by atoms with Crippen LogP contribution in [0.15, 0.2) is 30.3 Å². The smallest absolute Gasteiger partial charge is 0.108 e. The van der Waals surface area contributed by atoms with E-state index in [1.807, 2.05) is 0 Å². The average Bonchev–Trinajstić information content (AvgIpc) is 2.44. The Labute approximate surface area is 117 Å². The van der Waals surface area contributed by atoms with Gasteiger partial charge in [-0.1, -0.05) is 44.2 Å². The van der Waals surface area contributed by atoms with E-state index in [0.717, 1.165) is 39.0 Å². The molecule has 1 unspecified atom stereocenters. The summed E-state index contributed by atoms with van der Waals surface area (Å²) in [6, 6.07) is 11.0.